The first kappa shape index (κ1) is 22.8. The highest BCUT2D eigenvalue weighted by Gasteiger charge is 2.47. The molecule has 4 rings (SSSR count). The smallest absolute Gasteiger partial charge is 0.410 e. The molecule has 2 atom stereocenters. The Bertz CT molecular complexity index is 1160. The Balaban J connectivity index is 1.69. The molecule has 1 amide bonds. The average Bonchev–Trinajstić information content (AvgIpc) is 3.22. The summed E-state index contributed by atoms with van der Waals surface area (Å²) in [5.41, 5.74) is 0.992. The zero-order valence-corrected chi connectivity index (χ0v) is 18.4. The summed E-state index contributed by atoms with van der Waals surface area (Å²) in [5.74, 6) is 0.229. The molecule has 0 aliphatic carbocycles. The number of halogens is 4. The van der Waals surface area contributed by atoms with Gasteiger partial charge in [0, 0.05) is 17.1 Å². The normalized spacial score (nSPS) is 17.6. The van der Waals surface area contributed by atoms with Crippen molar-refractivity contribution in [2.45, 2.75) is 24.7 Å². The number of benzene rings is 2. The number of methoxy groups -OCH3 is 2. The molecule has 2 N–H and O–H groups in total. The number of alkyl halides is 3. The van der Waals surface area contributed by atoms with Crippen LogP contribution < -0.4 is 20.1 Å². The van der Waals surface area contributed by atoms with Crippen LogP contribution in [-0.4, -0.2) is 36.1 Å². The molecule has 33 heavy (non-hydrogen) atoms. The van der Waals surface area contributed by atoms with Crippen molar-refractivity contribution in [3.8, 4) is 11.5 Å². The number of carbonyl (C=O) groups excluding carboxylic acids is 1. The second kappa shape index (κ2) is 8.86. The molecule has 3 aromatic rings. The molecule has 11 heteroatoms. The third-order valence-electron chi connectivity index (χ3n) is 5.40. The van der Waals surface area contributed by atoms with Gasteiger partial charge in [-0.15, -0.1) is 0 Å². The summed E-state index contributed by atoms with van der Waals surface area (Å²) in [6.07, 6.45) is -3.75. The lowest BCUT2D eigenvalue weighted by Crippen LogP contribution is -2.36. The molecule has 0 fully saturated rings. The highest BCUT2D eigenvalue weighted by Crippen LogP contribution is 2.45. The van der Waals surface area contributed by atoms with E-state index in [2.05, 4.69) is 15.7 Å². The van der Waals surface area contributed by atoms with Gasteiger partial charge in [-0.3, -0.25) is 4.79 Å². The molecule has 7 nitrogen and oxygen atoms in total. The number of nitrogens with one attached hydrogen (secondary N) is 2. The molecule has 0 saturated carbocycles. The van der Waals surface area contributed by atoms with Gasteiger partial charge in [0.15, 0.2) is 17.5 Å². The number of fused-ring (bicyclic) bond motifs is 1. The van der Waals surface area contributed by atoms with Crippen molar-refractivity contribution in [2.75, 3.05) is 24.9 Å². The SMILES string of the molecule is COc1ccc(C2CC(C(F)(F)F)n3ncc(C(=O)Nc4ccc(Cl)cc4)c3N2)cc1OC. The number of aromatic nitrogens is 2. The molecule has 0 radical (unpaired) electrons. The van der Waals surface area contributed by atoms with Crippen LogP contribution in [0.3, 0.4) is 0 Å². The van der Waals surface area contributed by atoms with Crippen LogP contribution in [0.15, 0.2) is 48.7 Å². The minimum atomic E-state index is -4.57. The van der Waals surface area contributed by atoms with Crippen LogP contribution >= 0.6 is 11.6 Å². The predicted molar refractivity (Wildman–Crippen MR) is 117 cm³/mol. The number of rotatable bonds is 5. The Hall–Kier alpha value is -3.40. The van der Waals surface area contributed by atoms with Crippen LogP contribution in [0.1, 0.15) is 34.4 Å². The number of ether oxygens (including phenoxy) is 2. The van der Waals surface area contributed by atoms with Gasteiger partial charge in [0.1, 0.15) is 11.4 Å². The Morgan fingerprint density at radius 2 is 1.85 bits per heavy atom. The van der Waals surface area contributed by atoms with E-state index < -0.39 is 24.2 Å². The first-order chi connectivity index (χ1) is 15.7. The molecular formula is C22H20ClF3N4O3. The fourth-order valence-corrected chi connectivity index (χ4v) is 3.87. The van der Waals surface area contributed by atoms with Crippen molar-refractivity contribution in [3.05, 3.63) is 64.8 Å². The Morgan fingerprint density at radius 1 is 1.15 bits per heavy atom. The fraction of sp³-hybridized carbons (Fsp3) is 0.273. The summed E-state index contributed by atoms with van der Waals surface area (Å²) in [6.45, 7) is 0. The van der Waals surface area contributed by atoms with Crippen LogP contribution in [-0.2, 0) is 0 Å². The van der Waals surface area contributed by atoms with Crippen molar-refractivity contribution in [2.24, 2.45) is 0 Å². The zero-order valence-electron chi connectivity index (χ0n) is 17.6. The number of nitrogens with zero attached hydrogens (tertiary/aromatic N) is 2. The number of hydrogen-bond acceptors (Lipinski definition) is 5. The molecular weight excluding hydrogens is 461 g/mol. The highest BCUT2D eigenvalue weighted by molar-refractivity contribution is 6.30. The zero-order chi connectivity index (χ0) is 23.8. The van der Waals surface area contributed by atoms with Gasteiger partial charge in [0.2, 0.25) is 0 Å². The largest absolute Gasteiger partial charge is 0.493 e. The number of hydrogen-bond donors (Lipinski definition) is 2. The first-order valence-electron chi connectivity index (χ1n) is 9.91. The van der Waals surface area contributed by atoms with E-state index in [0.29, 0.717) is 27.8 Å². The summed E-state index contributed by atoms with van der Waals surface area (Å²) in [5, 5.41) is 10.1. The van der Waals surface area contributed by atoms with Crippen molar-refractivity contribution < 1.29 is 27.4 Å². The molecule has 0 bridgehead atoms. The van der Waals surface area contributed by atoms with Gasteiger partial charge in [-0.25, -0.2) is 4.68 Å². The van der Waals surface area contributed by atoms with E-state index in [1.807, 2.05) is 0 Å². The van der Waals surface area contributed by atoms with Crippen molar-refractivity contribution >= 4 is 29.0 Å². The van der Waals surface area contributed by atoms with Crippen molar-refractivity contribution in [1.29, 1.82) is 0 Å². The number of anilines is 2. The van der Waals surface area contributed by atoms with Crippen molar-refractivity contribution in [3.63, 3.8) is 0 Å². The van der Waals surface area contributed by atoms with Gasteiger partial charge in [-0.05, 0) is 42.0 Å². The Labute approximate surface area is 192 Å². The molecule has 2 aromatic carbocycles. The maximum Gasteiger partial charge on any atom is 0.410 e. The molecule has 1 aliphatic rings. The maximum atomic E-state index is 13.9. The van der Waals surface area contributed by atoms with Gasteiger partial charge in [-0.1, -0.05) is 17.7 Å². The molecule has 2 unspecified atom stereocenters. The van der Waals surface area contributed by atoms with Gasteiger partial charge in [0.05, 0.1) is 26.5 Å². The van der Waals surface area contributed by atoms with E-state index >= 15 is 0 Å². The van der Waals surface area contributed by atoms with Gasteiger partial charge < -0.3 is 20.1 Å². The van der Waals surface area contributed by atoms with Crippen LogP contribution in [0.4, 0.5) is 24.7 Å². The topological polar surface area (TPSA) is 77.4 Å². The first-order valence-corrected chi connectivity index (χ1v) is 10.3. The summed E-state index contributed by atoms with van der Waals surface area (Å²) in [4.78, 5) is 12.9. The minimum Gasteiger partial charge on any atom is -0.493 e. The molecule has 174 valence electrons. The van der Waals surface area contributed by atoms with E-state index in [1.165, 1.54) is 14.2 Å². The van der Waals surface area contributed by atoms with Gasteiger partial charge in [0.25, 0.3) is 5.91 Å². The lowest BCUT2D eigenvalue weighted by atomic mass is 9.96. The highest BCUT2D eigenvalue weighted by atomic mass is 35.5. The van der Waals surface area contributed by atoms with E-state index in [4.69, 9.17) is 21.1 Å². The second-order valence-corrected chi connectivity index (χ2v) is 7.85. The minimum absolute atomic E-state index is 0.00984. The summed E-state index contributed by atoms with van der Waals surface area (Å²) in [7, 11) is 2.92. The summed E-state index contributed by atoms with van der Waals surface area (Å²) in [6, 6.07) is 8.61. The Morgan fingerprint density at radius 3 is 2.48 bits per heavy atom. The van der Waals surface area contributed by atoms with E-state index in [1.54, 1.807) is 42.5 Å². The molecule has 2 heterocycles. The van der Waals surface area contributed by atoms with E-state index in [0.717, 1.165) is 10.9 Å². The standard InChI is InChI=1S/C22H20ClF3N4O3/c1-32-17-8-3-12(9-18(17)33-2)16-10-19(22(24,25)26)30-20(29-16)15(11-27-30)21(31)28-14-6-4-13(23)5-7-14/h3-9,11,16,19,29H,10H2,1-2H3,(H,28,31). The van der Waals surface area contributed by atoms with Gasteiger partial charge in [-0.2, -0.15) is 18.3 Å². The number of amides is 1. The van der Waals surface area contributed by atoms with Crippen LogP contribution in [0.2, 0.25) is 5.02 Å². The number of carbonyl (C=O) groups is 1. The molecule has 1 aliphatic heterocycles. The van der Waals surface area contributed by atoms with Crippen molar-refractivity contribution in [1.82, 2.24) is 9.78 Å². The lowest BCUT2D eigenvalue weighted by Gasteiger charge is -2.34. The summed E-state index contributed by atoms with van der Waals surface area (Å²) < 4.78 is 53.1. The van der Waals surface area contributed by atoms with Crippen LogP contribution in [0.25, 0.3) is 0 Å². The quantitative estimate of drug-likeness (QED) is 0.506. The molecule has 1 aromatic heterocycles. The fourth-order valence-electron chi connectivity index (χ4n) is 3.75. The van der Waals surface area contributed by atoms with Gasteiger partial charge >= 0.3 is 6.18 Å². The van der Waals surface area contributed by atoms with Crippen LogP contribution in [0.5, 0.6) is 11.5 Å². The predicted octanol–water partition coefficient (Wildman–Crippen LogP) is 5.47. The monoisotopic (exact) mass is 480 g/mol. The lowest BCUT2D eigenvalue weighted by molar-refractivity contribution is -0.173. The molecule has 0 saturated heterocycles. The third kappa shape index (κ3) is 4.56. The maximum absolute atomic E-state index is 13.9. The van der Waals surface area contributed by atoms with E-state index in [9.17, 15) is 18.0 Å². The third-order valence-corrected chi connectivity index (χ3v) is 5.65. The molecule has 0 spiro atoms. The average molecular weight is 481 g/mol. The second-order valence-electron chi connectivity index (χ2n) is 7.42. The Kier molecular flexibility index (Phi) is 6.11. The van der Waals surface area contributed by atoms with Crippen LogP contribution in [0, 0.1) is 0 Å². The van der Waals surface area contributed by atoms with E-state index in [-0.39, 0.29) is 17.8 Å². The summed E-state index contributed by atoms with van der Waals surface area (Å²) >= 11 is 5.86.